The first-order chi connectivity index (χ1) is 10.6. The van der Waals surface area contributed by atoms with Crippen molar-refractivity contribution in [3.05, 3.63) is 0 Å². The van der Waals surface area contributed by atoms with Crippen LogP contribution in [0.25, 0.3) is 0 Å². The molecule has 4 nitrogen and oxygen atoms in total. The molecule has 0 aliphatic carbocycles. The number of hydrogen-bond donors (Lipinski definition) is 2. The lowest BCUT2D eigenvalue weighted by molar-refractivity contribution is -0.189. The summed E-state index contributed by atoms with van der Waals surface area (Å²) in [5.41, 5.74) is 0. The van der Waals surface area contributed by atoms with Gasteiger partial charge in [0, 0.05) is 19.3 Å². The van der Waals surface area contributed by atoms with Crippen LogP contribution in [0.4, 0.5) is 0 Å². The molecule has 0 aliphatic heterocycles. The van der Waals surface area contributed by atoms with Crippen molar-refractivity contribution in [1.82, 2.24) is 0 Å². The Bertz CT molecular complexity index is 276. The Morgan fingerprint density at radius 1 is 0.818 bits per heavy atom. The van der Waals surface area contributed by atoms with Crippen LogP contribution in [0.3, 0.4) is 0 Å². The summed E-state index contributed by atoms with van der Waals surface area (Å²) >= 11 is 8.14. The quantitative estimate of drug-likeness (QED) is 0.214. The van der Waals surface area contributed by atoms with Crippen LogP contribution in [0.15, 0.2) is 0 Å². The minimum absolute atomic E-state index is 0.310. The summed E-state index contributed by atoms with van der Waals surface area (Å²) in [6.45, 7) is 2.16. The third kappa shape index (κ3) is 13.3. The number of carbonyl (C=O) groups is 2. The molecular formula is C16H30O4S2. The molecule has 0 aromatic rings. The van der Waals surface area contributed by atoms with E-state index in [1.807, 2.05) is 0 Å². The third-order valence-electron chi connectivity index (χ3n) is 3.15. The SMILES string of the molecule is CCCCCCCC(OC(=O)CCCS)OC(=O)CCCS. The van der Waals surface area contributed by atoms with Crippen LogP contribution in [0.1, 0.15) is 71.1 Å². The Kier molecular flexibility index (Phi) is 15.3. The van der Waals surface area contributed by atoms with Crippen molar-refractivity contribution in [2.24, 2.45) is 0 Å². The van der Waals surface area contributed by atoms with Crippen molar-refractivity contribution >= 4 is 37.2 Å². The number of esters is 2. The molecule has 0 N–H and O–H groups in total. The van der Waals surface area contributed by atoms with Crippen LogP contribution in [0.5, 0.6) is 0 Å². The first kappa shape index (κ1) is 21.6. The fraction of sp³-hybridized carbons (Fsp3) is 0.875. The Morgan fingerprint density at radius 3 is 1.77 bits per heavy atom. The van der Waals surface area contributed by atoms with Crippen molar-refractivity contribution < 1.29 is 19.1 Å². The second-order valence-electron chi connectivity index (χ2n) is 5.27. The first-order valence-electron chi connectivity index (χ1n) is 8.24. The van der Waals surface area contributed by atoms with E-state index < -0.39 is 6.29 Å². The van der Waals surface area contributed by atoms with E-state index in [9.17, 15) is 9.59 Å². The van der Waals surface area contributed by atoms with Gasteiger partial charge in [-0.1, -0.05) is 32.6 Å². The van der Waals surface area contributed by atoms with E-state index in [1.54, 1.807) is 0 Å². The van der Waals surface area contributed by atoms with E-state index >= 15 is 0 Å². The lowest BCUT2D eigenvalue weighted by atomic mass is 10.1. The lowest BCUT2D eigenvalue weighted by Crippen LogP contribution is -2.24. The zero-order chi connectivity index (χ0) is 16.6. The maximum atomic E-state index is 11.7. The molecule has 130 valence electrons. The van der Waals surface area contributed by atoms with Crippen LogP contribution in [-0.4, -0.2) is 29.7 Å². The standard InChI is InChI=1S/C16H30O4S2/c1-2-3-4-5-6-11-16(19-14(17)9-7-12-21)20-15(18)10-8-13-22/h16,21-22H,2-13H2,1H3. The Morgan fingerprint density at radius 2 is 1.32 bits per heavy atom. The molecule has 0 atom stereocenters. The molecule has 0 aliphatic rings. The van der Waals surface area contributed by atoms with E-state index in [0.717, 1.165) is 19.3 Å². The van der Waals surface area contributed by atoms with Gasteiger partial charge < -0.3 is 9.47 Å². The third-order valence-corrected chi connectivity index (χ3v) is 3.78. The van der Waals surface area contributed by atoms with Gasteiger partial charge in [0.2, 0.25) is 6.29 Å². The molecular weight excluding hydrogens is 320 g/mol. The lowest BCUT2D eigenvalue weighted by Gasteiger charge is -2.18. The number of ether oxygens (including phenoxy) is 2. The summed E-state index contributed by atoms with van der Waals surface area (Å²) in [7, 11) is 0. The van der Waals surface area contributed by atoms with E-state index in [0.29, 0.717) is 43.6 Å². The molecule has 0 unspecified atom stereocenters. The Balaban J connectivity index is 4.17. The smallest absolute Gasteiger partial charge is 0.308 e. The summed E-state index contributed by atoms with van der Waals surface area (Å²) < 4.78 is 10.5. The summed E-state index contributed by atoms with van der Waals surface area (Å²) in [4.78, 5) is 23.4. The summed E-state index contributed by atoms with van der Waals surface area (Å²) in [6.07, 6.45) is 7.27. The average Bonchev–Trinajstić information content (AvgIpc) is 2.50. The molecule has 0 radical (unpaired) electrons. The minimum Gasteiger partial charge on any atom is -0.425 e. The molecule has 0 heterocycles. The number of thiol groups is 2. The summed E-state index contributed by atoms with van der Waals surface area (Å²) in [5.74, 6) is 0.626. The highest BCUT2D eigenvalue weighted by Gasteiger charge is 2.18. The van der Waals surface area contributed by atoms with Crippen LogP contribution in [-0.2, 0) is 19.1 Å². The van der Waals surface area contributed by atoms with Gasteiger partial charge in [-0.3, -0.25) is 9.59 Å². The molecule has 0 aromatic carbocycles. The van der Waals surface area contributed by atoms with E-state index in [1.165, 1.54) is 12.8 Å². The fourth-order valence-electron chi connectivity index (χ4n) is 1.91. The van der Waals surface area contributed by atoms with E-state index in [-0.39, 0.29) is 11.9 Å². The minimum atomic E-state index is -0.749. The Labute approximate surface area is 145 Å². The number of unbranched alkanes of at least 4 members (excludes halogenated alkanes) is 4. The second kappa shape index (κ2) is 15.5. The highest BCUT2D eigenvalue weighted by atomic mass is 32.1. The van der Waals surface area contributed by atoms with E-state index in [2.05, 4.69) is 32.2 Å². The predicted octanol–water partition coefficient (Wildman–Crippen LogP) is 4.18. The zero-order valence-corrected chi connectivity index (χ0v) is 15.4. The van der Waals surface area contributed by atoms with Crippen molar-refractivity contribution in [3.8, 4) is 0 Å². The van der Waals surface area contributed by atoms with Gasteiger partial charge in [0.05, 0.1) is 0 Å². The topological polar surface area (TPSA) is 52.6 Å². The number of carbonyl (C=O) groups excluding carboxylic acids is 2. The predicted molar refractivity (Wildman–Crippen MR) is 95.5 cm³/mol. The molecule has 22 heavy (non-hydrogen) atoms. The molecule has 0 fully saturated rings. The van der Waals surface area contributed by atoms with Crippen LogP contribution in [0, 0.1) is 0 Å². The highest BCUT2D eigenvalue weighted by molar-refractivity contribution is 7.80. The average molecular weight is 351 g/mol. The maximum Gasteiger partial charge on any atom is 0.308 e. The van der Waals surface area contributed by atoms with E-state index in [4.69, 9.17) is 9.47 Å². The molecule has 0 saturated heterocycles. The summed E-state index contributed by atoms with van der Waals surface area (Å²) in [5, 5.41) is 0. The summed E-state index contributed by atoms with van der Waals surface area (Å²) in [6, 6.07) is 0. The van der Waals surface area contributed by atoms with Gasteiger partial charge in [0.15, 0.2) is 0 Å². The van der Waals surface area contributed by atoms with Gasteiger partial charge >= 0.3 is 11.9 Å². The van der Waals surface area contributed by atoms with Gasteiger partial charge in [0.1, 0.15) is 0 Å². The van der Waals surface area contributed by atoms with Crippen molar-refractivity contribution in [2.45, 2.75) is 77.4 Å². The van der Waals surface area contributed by atoms with Crippen molar-refractivity contribution in [2.75, 3.05) is 11.5 Å². The van der Waals surface area contributed by atoms with Crippen molar-refractivity contribution in [3.63, 3.8) is 0 Å². The molecule has 6 heteroatoms. The molecule has 0 rings (SSSR count). The normalized spacial score (nSPS) is 10.7. The van der Waals surface area contributed by atoms with Gasteiger partial charge in [-0.05, 0) is 30.8 Å². The number of hydrogen-bond acceptors (Lipinski definition) is 6. The van der Waals surface area contributed by atoms with Gasteiger partial charge in [0.25, 0.3) is 0 Å². The monoisotopic (exact) mass is 350 g/mol. The van der Waals surface area contributed by atoms with Crippen LogP contribution in [0.2, 0.25) is 0 Å². The molecule has 0 bridgehead atoms. The largest absolute Gasteiger partial charge is 0.425 e. The molecule has 0 amide bonds. The number of rotatable bonds is 14. The molecule has 0 saturated carbocycles. The van der Waals surface area contributed by atoms with Crippen LogP contribution >= 0.6 is 25.3 Å². The van der Waals surface area contributed by atoms with Crippen molar-refractivity contribution in [1.29, 1.82) is 0 Å². The second-order valence-corrected chi connectivity index (χ2v) is 6.16. The van der Waals surface area contributed by atoms with Gasteiger partial charge in [-0.25, -0.2) is 0 Å². The first-order valence-corrected chi connectivity index (χ1v) is 9.51. The van der Waals surface area contributed by atoms with Gasteiger partial charge in [-0.2, -0.15) is 25.3 Å². The Hall–Kier alpha value is -0.360. The van der Waals surface area contributed by atoms with Crippen LogP contribution < -0.4 is 0 Å². The molecule has 0 spiro atoms. The maximum absolute atomic E-state index is 11.7. The van der Waals surface area contributed by atoms with Gasteiger partial charge in [-0.15, -0.1) is 0 Å². The fourth-order valence-corrected chi connectivity index (χ4v) is 2.23. The molecule has 0 aromatic heterocycles. The highest BCUT2D eigenvalue weighted by Crippen LogP contribution is 2.13. The zero-order valence-electron chi connectivity index (χ0n) is 13.6.